The fraction of sp³-hybridized carbons (Fsp3) is 0.478. The number of hydrogen-bond donors (Lipinski definition) is 1. The van der Waals surface area contributed by atoms with Gasteiger partial charge in [0.1, 0.15) is 11.6 Å². The zero-order valence-electron chi connectivity index (χ0n) is 18.5. The first kappa shape index (κ1) is 24.5. The Balaban J connectivity index is 0.00000289. The standard InChI is InChI=1S/C23H31FN6O.HI/c1-2-25-23(30-11-9-29(10-12-30)22-5-3-4-8-26-22)27-18-19-6-7-21(20(24)17-19)28-13-15-31-16-14-28;/h3-8,17H,2,9-16,18H2,1H3,(H,25,27);1H. The molecule has 7 nitrogen and oxygen atoms in total. The Hall–Kier alpha value is -2.14. The molecule has 2 aromatic rings. The average molecular weight is 554 g/mol. The van der Waals surface area contributed by atoms with Crippen LogP contribution in [0.5, 0.6) is 0 Å². The number of nitrogens with zero attached hydrogens (tertiary/aromatic N) is 5. The molecule has 0 amide bonds. The topological polar surface area (TPSA) is 56.2 Å². The lowest BCUT2D eigenvalue weighted by Crippen LogP contribution is -2.52. The van der Waals surface area contributed by atoms with E-state index in [4.69, 9.17) is 9.73 Å². The zero-order chi connectivity index (χ0) is 21.5. The summed E-state index contributed by atoms with van der Waals surface area (Å²) in [6.45, 7) is 9.57. The van der Waals surface area contributed by atoms with Gasteiger partial charge in [-0.3, -0.25) is 0 Å². The summed E-state index contributed by atoms with van der Waals surface area (Å²) in [6, 6.07) is 11.4. The molecule has 0 saturated carbocycles. The van der Waals surface area contributed by atoms with Gasteiger partial charge >= 0.3 is 0 Å². The SMILES string of the molecule is CCNC(=NCc1ccc(N2CCOCC2)c(F)c1)N1CCN(c2ccccn2)CC1.I. The Morgan fingerprint density at radius 2 is 1.84 bits per heavy atom. The van der Waals surface area contributed by atoms with Crippen LogP contribution in [0.3, 0.4) is 0 Å². The predicted molar refractivity (Wildman–Crippen MR) is 138 cm³/mol. The Bertz CT molecular complexity index is 870. The summed E-state index contributed by atoms with van der Waals surface area (Å²) in [4.78, 5) is 15.8. The van der Waals surface area contributed by atoms with Gasteiger partial charge in [-0.05, 0) is 36.8 Å². The molecule has 2 aliphatic rings. The number of halogens is 2. The predicted octanol–water partition coefficient (Wildman–Crippen LogP) is 2.96. The molecule has 0 unspecified atom stereocenters. The van der Waals surface area contributed by atoms with E-state index in [1.807, 2.05) is 41.4 Å². The minimum absolute atomic E-state index is 0. The van der Waals surface area contributed by atoms with Crippen molar-refractivity contribution < 1.29 is 9.13 Å². The summed E-state index contributed by atoms with van der Waals surface area (Å²) >= 11 is 0. The van der Waals surface area contributed by atoms with Gasteiger partial charge in [0, 0.05) is 52.0 Å². The maximum Gasteiger partial charge on any atom is 0.194 e. The van der Waals surface area contributed by atoms with Crippen LogP contribution in [0.15, 0.2) is 47.6 Å². The van der Waals surface area contributed by atoms with Gasteiger partial charge in [0.2, 0.25) is 0 Å². The lowest BCUT2D eigenvalue weighted by molar-refractivity contribution is 0.122. The monoisotopic (exact) mass is 554 g/mol. The third-order valence-electron chi connectivity index (χ3n) is 5.66. The summed E-state index contributed by atoms with van der Waals surface area (Å²) in [6.07, 6.45) is 1.83. The van der Waals surface area contributed by atoms with Crippen molar-refractivity contribution in [2.45, 2.75) is 13.5 Å². The number of pyridine rings is 1. The van der Waals surface area contributed by atoms with E-state index in [1.54, 1.807) is 6.07 Å². The van der Waals surface area contributed by atoms with Crippen LogP contribution in [-0.2, 0) is 11.3 Å². The molecule has 1 aromatic heterocycles. The maximum absolute atomic E-state index is 14.7. The average Bonchev–Trinajstić information content (AvgIpc) is 2.83. The molecule has 4 rings (SSSR count). The first-order chi connectivity index (χ1) is 15.2. The lowest BCUT2D eigenvalue weighted by Gasteiger charge is -2.37. The van der Waals surface area contributed by atoms with Gasteiger partial charge in [-0.15, -0.1) is 24.0 Å². The highest BCUT2D eigenvalue weighted by atomic mass is 127. The van der Waals surface area contributed by atoms with Gasteiger partial charge in [0.15, 0.2) is 5.96 Å². The van der Waals surface area contributed by atoms with Crippen molar-refractivity contribution in [3.05, 3.63) is 54.0 Å². The Morgan fingerprint density at radius 3 is 2.50 bits per heavy atom. The highest BCUT2D eigenvalue weighted by molar-refractivity contribution is 14.0. The van der Waals surface area contributed by atoms with Crippen molar-refractivity contribution in [3.63, 3.8) is 0 Å². The number of aliphatic imine (C=N–C) groups is 1. The molecule has 2 aliphatic heterocycles. The number of benzene rings is 1. The molecule has 1 N–H and O–H groups in total. The maximum atomic E-state index is 14.7. The molecular formula is C23H32FIN6O. The van der Waals surface area contributed by atoms with Crippen molar-refractivity contribution in [3.8, 4) is 0 Å². The molecule has 0 bridgehead atoms. The number of aromatic nitrogens is 1. The smallest absolute Gasteiger partial charge is 0.194 e. The summed E-state index contributed by atoms with van der Waals surface area (Å²) in [7, 11) is 0. The van der Waals surface area contributed by atoms with Crippen LogP contribution in [0.1, 0.15) is 12.5 Å². The van der Waals surface area contributed by atoms with Gasteiger partial charge in [0.25, 0.3) is 0 Å². The number of piperazine rings is 1. The fourth-order valence-electron chi connectivity index (χ4n) is 3.99. The second-order valence-corrected chi connectivity index (χ2v) is 7.72. The lowest BCUT2D eigenvalue weighted by atomic mass is 10.1. The Labute approximate surface area is 206 Å². The highest BCUT2D eigenvalue weighted by Crippen LogP contribution is 2.22. The summed E-state index contributed by atoms with van der Waals surface area (Å²) in [5, 5.41) is 3.38. The van der Waals surface area contributed by atoms with Crippen LogP contribution in [0.25, 0.3) is 0 Å². The summed E-state index contributed by atoms with van der Waals surface area (Å²) in [5.41, 5.74) is 1.52. The molecule has 0 aliphatic carbocycles. The van der Waals surface area contributed by atoms with Crippen LogP contribution in [0.2, 0.25) is 0 Å². The number of ether oxygens (including phenoxy) is 1. The minimum atomic E-state index is -0.191. The van der Waals surface area contributed by atoms with Gasteiger partial charge < -0.3 is 24.8 Å². The molecule has 0 atom stereocenters. The number of hydrogen-bond acceptors (Lipinski definition) is 5. The quantitative estimate of drug-likeness (QED) is 0.349. The van der Waals surface area contributed by atoms with Crippen LogP contribution in [0, 0.1) is 5.82 Å². The van der Waals surface area contributed by atoms with E-state index in [2.05, 4.69) is 27.0 Å². The van der Waals surface area contributed by atoms with Crippen LogP contribution in [-0.4, -0.2) is 74.9 Å². The summed E-state index contributed by atoms with van der Waals surface area (Å²) < 4.78 is 20.1. The minimum Gasteiger partial charge on any atom is -0.378 e. The molecule has 0 spiro atoms. The molecule has 2 fully saturated rings. The molecular weight excluding hydrogens is 522 g/mol. The van der Waals surface area contributed by atoms with E-state index in [0.29, 0.717) is 25.4 Å². The number of nitrogens with one attached hydrogen (secondary N) is 1. The Kier molecular flexibility index (Phi) is 9.34. The molecule has 1 aromatic carbocycles. The number of guanidine groups is 1. The zero-order valence-corrected chi connectivity index (χ0v) is 20.9. The number of morpholine rings is 1. The molecule has 3 heterocycles. The van der Waals surface area contributed by atoms with E-state index in [-0.39, 0.29) is 29.8 Å². The van der Waals surface area contributed by atoms with E-state index in [9.17, 15) is 4.39 Å². The van der Waals surface area contributed by atoms with Gasteiger partial charge in [-0.1, -0.05) is 12.1 Å². The van der Waals surface area contributed by atoms with Crippen molar-refractivity contribution in [2.24, 2.45) is 4.99 Å². The second-order valence-electron chi connectivity index (χ2n) is 7.72. The molecule has 2 saturated heterocycles. The first-order valence-corrected chi connectivity index (χ1v) is 11.0. The van der Waals surface area contributed by atoms with E-state index < -0.39 is 0 Å². The van der Waals surface area contributed by atoms with Gasteiger partial charge in [0.05, 0.1) is 25.4 Å². The molecule has 32 heavy (non-hydrogen) atoms. The second kappa shape index (κ2) is 12.2. The van der Waals surface area contributed by atoms with Crippen LogP contribution < -0.4 is 15.1 Å². The van der Waals surface area contributed by atoms with Crippen molar-refractivity contribution in [1.29, 1.82) is 0 Å². The number of rotatable bonds is 5. The highest BCUT2D eigenvalue weighted by Gasteiger charge is 2.20. The largest absolute Gasteiger partial charge is 0.378 e. The fourth-order valence-corrected chi connectivity index (χ4v) is 3.99. The molecule has 9 heteroatoms. The van der Waals surface area contributed by atoms with Crippen LogP contribution >= 0.6 is 24.0 Å². The van der Waals surface area contributed by atoms with Gasteiger partial charge in [-0.2, -0.15) is 0 Å². The molecule has 174 valence electrons. The van der Waals surface area contributed by atoms with Crippen molar-refractivity contribution in [2.75, 3.05) is 68.8 Å². The molecule has 0 radical (unpaired) electrons. The summed E-state index contributed by atoms with van der Waals surface area (Å²) in [5.74, 6) is 1.70. The van der Waals surface area contributed by atoms with E-state index >= 15 is 0 Å². The van der Waals surface area contributed by atoms with Gasteiger partial charge in [-0.25, -0.2) is 14.4 Å². The third-order valence-corrected chi connectivity index (χ3v) is 5.66. The Morgan fingerprint density at radius 1 is 1.06 bits per heavy atom. The third kappa shape index (κ3) is 6.22. The number of anilines is 2. The van der Waals surface area contributed by atoms with Crippen molar-refractivity contribution >= 4 is 41.4 Å². The van der Waals surface area contributed by atoms with E-state index in [0.717, 1.165) is 63.2 Å². The van der Waals surface area contributed by atoms with Crippen LogP contribution in [0.4, 0.5) is 15.9 Å². The van der Waals surface area contributed by atoms with E-state index in [1.165, 1.54) is 0 Å². The van der Waals surface area contributed by atoms with Crippen molar-refractivity contribution in [1.82, 2.24) is 15.2 Å². The first-order valence-electron chi connectivity index (χ1n) is 11.0. The normalized spacial score (nSPS) is 17.2.